The van der Waals surface area contributed by atoms with Gasteiger partial charge in [-0.15, -0.1) is 0 Å². The summed E-state index contributed by atoms with van der Waals surface area (Å²) >= 11 is 13.2. The molecule has 0 atom stereocenters. The second-order valence-electron chi connectivity index (χ2n) is 9.20. The molecule has 0 saturated carbocycles. The lowest BCUT2D eigenvalue weighted by Crippen LogP contribution is -2.14. The molecule has 0 fully saturated rings. The molecule has 0 heterocycles. The van der Waals surface area contributed by atoms with E-state index >= 15 is 0 Å². The summed E-state index contributed by atoms with van der Waals surface area (Å²) in [6.45, 7) is 3.51. The first-order valence-electron chi connectivity index (χ1n) is 11.8. The normalized spacial score (nSPS) is 14.2. The molecule has 1 aliphatic rings. The fraction of sp³-hybridized carbons (Fsp3) is 0.0645. The largest absolute Gasteiger partial charge is 0.507 e. The fourth-order valence-electron chi connectivity index (χ4n) is 5.23. The summed E-state index contributed by atoms with van der Waals surface area (Å²) in [5.74, 6) is -3.07. The van der Waals surface area contributed by atoms with E-state index in [1.807, 2.05) is 0 Å². The molecule has 4 aromatic rings. The fourth-order valence-corrected chi connectivity index (χ4v) is 5.84. The zero-order valence-electron chi connectivity index (χ0n) is 20.7. The molecule has 0 bridgehead atoms. The van der Waals surface area contributed by atoms with Crippen LogP contribution in [0.25, 0.3) is 21.9 Å². The molecule has 5 rings (SSSR count). The number of allylic oxidation sites excluding steroid dienone is 3. The van der Waals surface area contributed by atoms with E-state index in [2.05, 4.69) is 0 Å². The van der Waals surface area contributed by atoms with Crippen LogP contribution in [0, 0.1) is 6.92 Å². The highest BCUT2D eigenvalue weighted by molar-refractivity contribution is 6.40. The van der Waals surface area contributed by atoms with E-state index in [-0.39, 0.29) is 22.1 Å². The van der Waals surface area contributed by atoms with E-state index in [0.29, 0.717) is 49.7 Å². The van der Waals surface area contributed by atoms with Crippen molar-refractivity contribution in [3.8, 4) is 5.75 Å². The number of carbonyl (C=O) groups excluding carboxylic acids is 1. The Kier molecular flexibility index (Phi) is 6.54. The number of aryl methyl sites for hydroxylation is 1. The second-order valence-corrected chi connectivity index (χ2v) is 9.99. The van der Waals surface area contributed by atoms with Crippen LogP contribution in [0.4, 0.5) is 0 Å². The molecule has 0 aliphatic heterocycles. The van der Waals surface area contributed by atoms with Crippen molar-refractivity contribution >= 4 is 62.8 Å². The second kappa shape index (κ2) is 9.73. The van der Waals surface area contributed by atoms with Crippen molar-refractivity contribution in [3.63, 3.8) is 0 Å². The number of carboxylic acids is 2. The molecule has 1 aliphatic carbocycles. The third kappa shape index (κ3) is 4.18. The van der Waals surface area contributed by atoms with Crippen molar-refractivity contribution in [1.29, 1.82) is 0 Å². The number of fused-ring (bicyclic) bond motifs is 2. The summed E-state index contributed by atoms with van der Waals surface area (Å²) in [5.41, 5.74) is 2.62. The Bertz CT molecular complexity index is 1830. The van der Waals surface area contributed by atoms with Gasteiger partial charge in [-0.25, -0.2) is 9.59 Å². The summed E-state index contributed by atoms with van der Waals surface area (Å²) in [4.78, 5) is 37.5. The number of carbonyl (C=O) groups is 3. The predicted octanol–water partition coefficient (Wildman–Crippen LogP) is 7.66. The van der Waals surface area contributed by atoms with Gasteiger partial charge in [0.1, 0.15) is 5.75 Å². The first-order chi connectivity index (χ1) is 18.5. The van der Waals surface area contributed by atoms with Crippen LogP contribution in [0.15, 0.2) is 72.3 Å². The van der Waals surface area contributed by atoms with Gasteiger partial charge in [-0.3, -0.25) is 4.79 Å². The number of ketones is 1. The van der Waals surface area contributed by atoms with Gasteiger partial charge in [0.2, 0.25) is 0 Å². The Balaban J connectivity index is 2.10. The van der Waals surface area contributed by atoms with E-state index in [9.17, 15) is 29.7 Å². The molecule has 0 radical (unpaired) electrons. The van der Waals surface area contributed by atoms with E-state index in [0.717, 1.165) is 6.07 Å². The standard InChI is InChI=1S/C31H20Cl2O6/c1-14-11-22(34)16-7-3-5-9-18(16)24(14)27(25-15(2)12-23(35)17-8-4-6-10-19(17)25)26-21(32)13-20(30(36)37)29(33)28(26)31(38)39/h3-13,34H,1-2H3,(H,36,37)(H,38,39). The number of rotatable bonds is 4. The van der Waals surface area contributed by atoms with Crippen LogP contribution < -0.4 is 0 Å². The summed E-state index contributed by atoms with van der Waals surface area (Å²) in [7, 11) is 0. The molecule has 194 valence electrons. The highest BCUT2D eigenvalue weighted by Gasteiger charge is 2.32. The Morgan fingerprint density at radius 3 is 2.03 bits per heavy atom. The molecule has 0 saturated heterocycles. The molecular weight excluding hydrogens is 539 g/mol. The van der Waals surface area contributed by atoms with Crippen LogP contribution in [0.1, 0.15) is 60.3 Å². The lowest BCUT2D eigenvalue weighted by Gasteiger charge is -2.26. The maximum Gasteiger partial charge on any atom is 0.337 e. The molecule has 3 N–H and O–H groups in total. The van der Waals surface area contributed by atoms with Gasteiger partial charge in [0.05, 0.1) is 21.2 Å². The number of hydrogen-bond acceptors (Lipinski definition) is 4. The van der Waals surface area contributed by atoms with Crippen molar-refractivity contribution < 1.29 is 29.7 Å². The summed E-state index contributed by atoms with van der Waals surface area (Å²) in [6, 6.07) is 16.7. The lowest BCUT2D eigenvalue weighted by atomic mass is 9.77. The number of aromatic carboxylic acids is 2. The first-order valence-corrected chi connectivity index (χ1v) is 12.6. The number of hydrogen-bond donors (Lipinski definition) is 3. The first kappa shape index (κ1) is 26.2. The van der Waals surface area contributed by atoms with Crippen molar-refractivity contribution in [2.24, 2.45) is 0 Å². The Hall–Kier alpha value is -4.39. The van der Waals surface area contributed by atoms with Gasteiger partial charge in [0, 0.05) is 22.1 Å². The highest BCUT2D eigenvalue weighted by Crippen LogP contribution is 2.48. The highest BCUT2D eigenvalue weighted by atomic mass is 35.5. The number of phenols is 1. The average molecular weight is 559 g/mol. The molecule has 0 amide bonds. The zero-order valence-corrected chi connectivity index (χ0v) is 22.2. The Labute approximate surface area is 233 Å². The Morgan fingerprint density at radius 1 is 0.769 bits per heavy atom. The van der Waals surface area contributed by atoms with Gasteiger partial charge in [0.15, 0.2) is 5.78 Å². The molecule has 8 heteroatoms. The lowest BCUT2D eigenvalue weighted by molar-refractivity contribution is 0.0695. The molecular formula is C31H20Cl2O6. The zero-order chi connectivity index (χ0) is 28.2. The van der Waals surface area contributed by atoms with Crippen LogP contribution in [-0.2, 0) is 0 Å². The van der Waals surface area contributed by atoms with Crippen molar-refractivity contribution in [3.05, 3.63) is 121 Å². The Morgan fingerprint density at radius 2 is 1.38 bits per heavy atom. The average Bonchev–Trinajstić information content (AvgIpc) is 2.88. The maximum absolute atomic E-state index is 12.9. The number of halogens is 2. The van der Waals surface area contributed by atoms with E-state index in [4.69, 9.17) is 23.2 Å². The smallest absolute Gasteiger partial charge is 0.337 e. The third-order valence-electron chi connectivity index (χ3n) is 6.83. The van der Waals surface area contributed by atoms with Gasteiger partial charge < -0.3 is 15.3 Å². The third-order valence-corrected chi connectivity index (χ3v) is 7.52. The van der Waals surface area contributed by atoms with Crippen LogP contribution in [0.2, 0.25) is 10.0 Å². The SMILES string of the molecule is CC1=CC(=O)c2ccccc2C1=C(c1c(Cl)cc(C(=O)O)c(Cl)c1C(=O)O)c1c(C)cc(O)c2ccccc12. The van der Waals surface area contributed by atoms with Gasteiger partial charge in [0.25, 0.3) is 0 Å². The molecule has 0 aromatic heterocycles. The minimum Gasteiger partial charge on any atom is -0.507 e. The minimum atomic E-state index is -1.47. The number of benzene rings is 4. The summed E-state index contributed by atoms with van der Waals surface area (Å²) in [6.07, 6.45) is 1.47. The van der Waals surface area contributed by atoms with E-state index < -0.39 is 28.1 Å². The summed E-state index contributed by atoms with van der Waals surface area (Å²) in [5, 5.41) is 31.3. The van der Waals surface area contributed by atoms with Gasteiger partial charge in [-0.2, -0.15) is 0 Å². The van der Waals surface area contributed by atoms with Crippen molar-refractivity contribution in [2.45, 2.75) is 13.8 Å². The molecule has 0 unspecified atom stereocenters. The predicted molar refractivity (Wildman–Crippen MR) is 151 cm³/mol. The maximum atomic E-state index is 12.9. The van der Waals surface area contributed by atoms with Crippen LogP contribution in [0.3, 0.4) is 0 Å². The summed E-state index contributed by atoms with van der Waals surface area (Å²) < 4.78 is 0. The van der Waals surface area contributed by atoms with Crippen molar-refractivity contribution in [1.82, 2.24) is 0 Å². The molecule has 4 aromatic carbocycles. The molecule has 0 spiro atoms. The van der Waals surface area contributed by atoms with Gasteiger partial charge >= 0.3 is 11.9 Å². The van der Waals surface area contributed by atoms with Gasteiger partial charge in [-0.05, 0) is 65.3 Å². The quantitative estimate of drug-likeness (QED) is 0.237. The number of phenolic OH excluding ortho intramolecular Hbond substituents is 1. The van der Waals surface area contributed by atoms with E-state index in [1.54, 1.807) is 68.4 Å². The minimum absolute atomic E-state index is 0.00464. The number of carboxylic acid groups (broad SMARTS) is 2. The van der Waals surface area contributed by atoms with Crippen molar-refractivity contribution in [2.75, 3.05) is 0 Å². The number of aromatic hydroxyl groups is 1. The van der Waals surface area contributed by atoms with Crippen LogP contribution in [0.5, 0.6) is 5.75 Å². The topological polar surface area (TPSA) is 112 Å². The molecule has 39 heavy (non-hydrogen) atoms. The molecule has 6 nitrogen and oxygen atoms in total. The van der Waals surface area contributed by atoms with Gasteiger partial charge in [-0.1, -0.05) is 71.7 Å². The van der Waals surface area contributed by atoms with E-state index in [1.165, 1.54) is 6.08 Å². The monoisotopic (exact) mass is 558 g/mol. The van der Waals surface area contributed by atoms with Crippen LogP contribution in [-0.4, -0.2) is 33.0 Å². The van der Waals surface area contributed by atoms with Crippen LogP contribution >= 0.6 is 23.2 Å².